The molecule has 0 unspecified atom stereocenters. The molecule has 4 N–H and O–H groups in total. The zero-order valence-electron chi connectivity index (χ0n) is 16.9. The molecule has 0 atom stereocenters. The summed E-state index contributed by atoms with van der Waals surface area (Å²) in [6.45, 7) is 3.00. The molecule has 1 saturated heterocycles. The van der Waals surface area contributed by atoms with Crippen molar-refractivity contribution in [2.24, 2.45) is 10.9 Å². The number of hydrogen-bond acceptors (Lipinski definition) is 5. The van der Waals surface area contributed by atoms with Crippen LogP contribution in [0.1, 0.15) is 32.1 Å². The number of carbonyl (C=O) groups excluding carboxylic acids is 1. The van der Waals surface area contributed by atoms with Gasteiger partial charge in [-0.1, -0.05) is 6.42 Å². The summed E-state index contributed by atoms with van der Waals surface area (Å²) in [5.41, 5.74) is 0. The first kappa shape index (κ1) is 25.4. The second kappa shape index (κ2) is 12.8. The van der Waals surface area contributed by atoms with Gasteiger partial charge in [-0.2, -0.15) is 0 Å². The van der Waals surface area contributed by atoms with E-state index in [4.69, 9.17) is 0 Å². The number of nitrogens with one attached hydrogen (secondary N) is 4. The molecule has 2 rings (SSSR count). The average molecular weight is 530 g/mol. The van der Waals surface area contributed by atoms with Gasteiger partial charge >= 0.3 is 0 Å². The summed E-state index contributed by atoms with van der Waals surface area (Å²) in [5, 5.41) is 9.07. The van der Waals surface area contributed by atoms with E-state index in [9.17, 15) is 13.2 Å². The summed E-state index contributed by atoms with van der Waals surface area (Å²) in [4.78, 5) is 17.8. The zero-order valence-corrected chi connectivity index (χ0v) is 20.0. The Balaban J connectivity index is 0.00000392. The molecule has 1 amide bonds. The fourth-order valence-electron chi connectivity index (χ4n) is 3.22. The van der Waals surface area contributed by atoms with Crippen molar-refractivity contribution in [3.63, 3.8) is 0 Å². The third-order valence-electron chi connectivity index (χ3n) is 5.28. The maximum atomic E-state index is 12.0. The van der Waals surface area contributed by atoms with Crippen LogP contribution in [0.5, 0.6) is 0 Å². The van der Waals surface area contributed by atoms with Crippen LogP contribution in [-0.2, 0) is 14.8 Å². The van der Waals surface area contributed by atoms with Gasteiger partial charge in [-0.15, -0.1) is 24.0 Å². The van der Waals surface area contributed by atoms with Crippen molar-refractivity contribution in [1.29, 1.82) is 0 Å². The number of likely N-dealkylation sites (tertiary alicyclic amines) is 1. The Morgan fingerprint density at radius 1 is 1.18 bits per heavy atom. The fraction of sp³-hybridized carbons (Fsp3) is 0.882. The summed E-state index contributed by atoms with van der Waals surface area (Å²) < 4.78 is 26.8. The Bertz CT molecular complexity index is 604. The van der Waals surface area contributed by atoms with Gasteiger partial charge in [-0.25, -0.2) is 13.1 Å². The lowest BCUT2D eigenvalue weighted by atomic mass is 9.86. The van der Waals surface area contributed by atoms with Gasteiger partial charge < -0.3 is 16.0 Å². The minimum atomic E-state index is -3.25. The molecule has 0 aromatic heterocycles. The number of piperidine rings is 1. The molecule has 0 spiro atoms. The molecule has 1 heterocycles. The molecule has 1 saturated carbocycles. The van der Waals surface area contributed by atoms with E-state index in [2.05, 4.69) is 30.6 Å². The highest BCUT2D eigenvalue weighted by atomic mass is 127. The number of sulfonamides is 1. The Morgan fingerprint density at radius 3 is 2.39 bits per heavy atom. The third kappa shape index (κ3) is 9.23. The van der Waals surface area contributed by atoms with Gasteiger partial charge in [0.05, 0.1) is 12.3 Å². The van der Waals surface area contributed by atoms with Crippen molar-refractivity contribution in [3.8, 4) is 0 Å². The average Bonchev–Trinajstić information content (AvgIpc) is 2.60. The van der Waals surface area contributed by atoms with Crippen molar-refractivity contribution in [2.45, 2.75) is 38.1 Å². The minimum Gasteiger partial charge on any atom is -0.358 e. The summed E-state index contributed by atoms with van der Waals surface area (Å²) in [6, 6.07) is 0.269. The van der Waals surface area contributed by atoms with Crippen LogP contribution in [0, 0.1) is 5.92 Å². The standard InChI is InChI=1S/C17H34N6O3S.HI/c1-18-16(24)13-23-9-6-15(7-10-23)22-17(19-2)20-8-11-27(25,26)21-12-14-4-3-5-14;/h14-15,21H,3-13H2,1-2H3,(H,18,24)(H2,19,20,22);1H. The number of halogens is 1. The first-order valence-corrected chi connectivity index (χ1v) is 11.4. The summed E-state index contributed by atoms with van der Waals surface area (Å²) >= 11 is 0. The van der Waals surface area contributed by atoms with Crippen LogP contribution in [-0.4, -0.2) is 83.8 Å². The van der Waals surface area contributed by atoms with E-state index in [-0.39, 0.29) is 41.7 Å². The Morgan fingerprint density at radius 2 is 1.86 bits per heavy atom. The number of rotatable bonds is 9. The molecule has 0 radical (unpaired) electrons. The number of guanidine groups is 1. The molecule has 2 fully saturated rings. The fourth-order valence-corrected chi connectivity index (χ4v) is 4.23. The van der Waals surface area contributed by atoms with Gasteiger partial charge in [0.15, 0.2) is 5.96 Å². The van der Waals surface area contributed by atoms with E-state index in [1.165, 1.54) is 6.42 Å². The smallest absolute Gasteiger partial charge is 0.233 e. The van der Waals surface area contributed by atoms with Gasteiger partial charge in [0.1, 0.15) is 0 Å². The maximum absolute atomic E-state index is 12.0. The molecule has 28 heavy (non-hydrogen) atoms. The van der Waals surface area contributed by atoms with E-state index in [1.54, 1.807) is 14.1 Å². The molecule has 9 nitrogen and oxygen atoms in total. The predicted molar refractivity (Wildman–Crippen MR) is 123 cm³/mol. The largest absolute Gasteiger partial charge is 0.358 e. The summed E-state index contributed by atoms with van der Waals surface area (Å²) in [6.07, 6.45) is 5.29. The van der Waals surface area contributed by atoms with Crippen LogP contribution in [0.3, 0.4) is 0 Å². The van der Waals surface area contributed by atoms with Crippen molar-refractivity contribution in [3.05, 3.63) is 0 Å². The summed E-state index contributed by atoms with van der Waals surface area (Å²) in [7, 11) is 0.0771. The number of nitrogens with zero attached hydrogens (tertiary/aromatic N) is 2. The lowest BCUT2D eigenvalue weighted by Gasteiger charge is -2.32. The predicted octanol–water partition coefficient (Wildman–Crippen LogP) is -0.301. The minimum absolute atomic E-state index is 0. The molecule has 1 aliphatic carbocycles. The Hall–Kier alpha value is -0.660. The van der Waals surface area contributed by atoms with Crippen LogP contribution < -0.4 is 20.7 Å². The van der Waals surface area contributed by atoms with E-state index in [0.29, 0.717) is 31.5 Å². The molecular weight excluding hydrogens is 495 g/mol. The Kier molecular flexibility index (Phi) is 11.6. The normalized spacial score (nSPS) is 19.4. The molecule has 0 aromatic carbocycles. The lowest BCUT2D eigenvalue weighted by molar-refractivity contribution is -0.122. The van der Waals surface area contributed by atoms with Crippen molar-refractivity contribution in [1.82, 2.24) is 25.6 Å². The Labute approximate surface area is 185 Å². The van der Waals surface area contributed by atoms with E-state index in [0.717, 1.165) is 38.8 Å². The van der Waals surface area contributed by atoms with Gasteiger partial charge in [0.25, 0.3) is 0 Å². The van der Waals surface area contributed by atoms with Crippen LogP contribution >= 0.6 is 24.0 Å². The molecular formula is C17H35IN6O3S. The molecule has 1 aliphatic heterocycles. The molecule has 2 aliphatic rings. The van der Waals surface area contributed by atoms with Gasteiger partial charge in [0, 0.05) is 46.3 Å². The summed E-state index contributed by atoms with van der Waals surface area (Å²) in [5.74, 6) is 1.20. The number of amides is 1. The van der Waals surface area contributed by atoms with Crippen molar-refractivity contribution < 1.29 is 13.2 Å². The van der Waals surface area contributed by atoms with Crippen LogP contribution in [0.2, 0.25) is 0 Å². The van der Waals surface area contributed by atoms with Crippen molar-refractivity contribution >= 4 is 45.9 Å². The first-order chi connectivity index (χ1) is 12.9. The van der Waals surface area contributed by atoms with Gasteiger partial charge in [-0.05, 0) is 31.6 Å². The van der Waals surface area contributed by atoms with Crippen LogP contribution in [0.25, 0.3) is 0 Å². The monoisotopic (exact) mass is 530 g/mol. The third-order valence-corrected chi connectivity index (χ3v) is 6.63. The topological polar surface area (TPSA) is 115 Å². The van der Waals surface area contributed by atoms with Crippen molar-refractivity contribution in [2.75, 3.05) is 52.6 Å². The molecule has 0 aromatic rings. The molecule has 11 heteroatoms. The second-order valence-electron chi connectivity index (χ2n) is 7.33. The van der Waals surface area contributed by atoms with E-state index < -0.39 is 10.0 Å². The first-order valence-electron chi connectivity index (χ1n) is 9.79. The highest BCUT2D eigenvalue weighted by Crippen LogP contribution is 2.25. The van der Waals surface area contributed by atoms with Gasteiger partial charge in [-0.3, -0.25) is 14.7 Å². The number of carbonyl (C=O) groups is 1. The number of hydrogen-bond donors (Lipinski definition) is 4. The van der Waals surface area contributed by atoms with Gasteiger partial charge in [0.2, 0.25) is 15.9 Å². The van der Waals surface area contributed by atoms with Crippen LogP contribution in [0.4, 0.5) is 0 Å². The quantitative estimate of drug-likeness (QED) is 0.185. The number of aliphatic imine (C=N–C) groups is 1. The van der Waals surface area contributed by atoms with Crippen LogP contribution in [0.15, 0.2) is 4.99 Å². The highest BCUT2D eigenvalue weighted by Gasteiger charge is 2.22. The maximum Gasteiger partial charge on any atom is 0.233 e. The SMILES string of the molecule is CN=C(NCCS(=O)(=O)NCC1CCC1)NC1CCN(CC(=O)NC)CC1.I. The lowest BCUT2D eigenvalue weighted by Crippen LogP contribution is -2.50. The molecule has 0 bridgehead atoms. The van der Waals surface area contributed by atoms with E-state index in [1.807, 2.05) is 0 Å². The zero-order chi connectivity index (χ0) is 19.7. The second-order valence-corrected chi connectivity index (χ2v) is 9.26. The number of likely N-dealkylation sites (N-methyl/N-ethyl adjacent to an activating group) is 1. The molecule has 164 valence electrons. The van der Waals surface area contributed by atoms with E-state index >= 15 is 0 Å². The highest BCUT2D eigenvalue weighted by molar-refractivity contribution is 14.0.